The van der Waals surface area contributed by atoms with Crippen LogP contribution in [0.3, 0.4) is 0 Å². The topological polar surface area (TPSA) is 88.5 Å². The van der Waals surface area contributed by atoms with E-state index in [1.54, 1.807) is 0 Å². The molecule has 1 aromatic carbocycles. The number of nitrogens with one attached hydrogen (secondary N) is 2. The van der Waals surface area contributed by atoms with Crippen molar-refractivity contribution in [1.29, 1.82) is 0 Å². The van der Waals surface area contributed by atoms with E-state index in [0.29, 0.717) is 18.1 Å². The second-order valence-electron chi connectivity index (χ2n) is 5.54. The van der Waals surface area contributed by atoms with Gasteiger partial charge in [0.25, 0.3) is 5.91 Å². The molecule has 2 N–H and O–H groups in total. The van der Waals surface area contributed by atoms with Gasteiger partial charge in [-0.3, -0.25) is 14.6 Å². The van der Waals surface area contributed by atoms with E-state index in [1.165, 1.54) is 7.05 Å². The summed E-state index contributed by atoms with van der Waals surface area (Å²) in [5.74, 6) is 0.137. The Kier molecular flexibility index (Phi) is 4.74. The van der Waals surface area contributed by atoms with E-state index in [1.807, 2.05) is 30.3 Å². The monoisotopic (exact) mass is 364 g/mol. The van der Waals surface area contributed by atoms with E-state index in [2.05, 4.69) is 25.6 Å². The molecule has 0 fully saturated rings. The molecule has 0 unspecified atom stereocenters. The molecule has 26 heavy (non-hydrogen) atoms. The first-order valence-corrected chi connectivity index (χ1v) is 7.70. The summed E-state index contributed by atoms with van der Waals surface area (Å²) in [6.07, 6.45) is -3.58. The summed E-state index contributed by atoms with van der Waals surface area (Å²) < 4.78 is 39.7. The lowest BCUT2D eigenvalue weighted by atomic mass is 10.2. The smallest absolute Gasteiger partial charge is 0.350 e. The van der Waals surface area contributed by atoms with Crippen LogP contribution in [-0.2, 0) is 19.6 Å². The maximum atomic E-state index is 12.9. The van der Waals surface area contributed by atoms with E-state index in [4.69, 9.17) is 0 Å². The number of alkyl halides is 3. The minimum absolute atomic E-state index is 0.0934. The SMILES string of the molecule is Cn1cc(C(F)(F)F)c(C(=O)NCCc2nc(-c3ccccc3)n[nH]2)n1. The number of H-pyrrole nitrogens is 1. The lowest BCUT2D eigenvalue weighted by molar-refractivity contribution is -0.138. The lowest BCUT2D eigenvalue weighted by Gasteiger charge is -2.06. The number of benzene rings is 1. The van der Waals surface area contributed by atoms with Gasteiger partial charge >= 0.3 is 6.18 Å². The van der Waals surface area contributed by atoms with Gasteiger partial charge in [-0.15, -0.1) is 0 Å². The van der Waals surface area contributed by atoms with Gasteiger partial charge in [-0.1, -0.05) is 30.3 Å². The van der Waals surface area contributed by atoms with Crippen LogP contribution in [0, 0.1) is 0 Å². The van der Waals surface area contributed by atoms with Crippen molar-refractivity contribution in [3.63, 3.8) is 0 Å². The zero-order valence-electron chi connectivity index (χ0n) is 13.7. The molecule has 0 aliphatic rings. The zero-order chi connectivity index (χ0) is 18.7. The molecule has 0 bridgehead atoms. The quantitative estimate of drug-likeness (QED) is 0.726. The molecule has 10 heteroatoms. The fraction of sp³-hybridized carbons (Fsp3) is 0.250. The number of aryl methyl sites for hydroxylation is 1. The van der Waals surface area contributed by atoms with Crippen molar-refractivity contribution in [3.05, 3.63) is 53.6 Å². The Labute approximate surface area is 146 Å². The Morgan fingerprint density at radius 2 is 2.00 bits per heavy atom. The first-order valence-electron chi connectivity index (χ1n) is 7.70. The third kappa shape index (κ3) is 3.90. The molecule has 0 atom stereocenters. The van der Waals surface area contributed by atoms with Crippen LogP contribution in [-0.4, -0.2) is 37.4 Å². The van der Waals surface area contributed by atoms with Gasteiger partial charge in [-0.2, -0.15) is 23.4 Å². The van der Waals surface area contributed by atoms with E-state index in [9.17, 15) is 18.0 Å². The Hall–Kier alpha value is -3.17. The van der Waals surface area contributed by atoms with Gasteiger partial charge < -0.3 is 5.32 Å². The Balaban J connectivity index is 1.61. The summed E-state index contributed by atoms with van der Waals surface area (Å²) >= 11 is 0. The molecule has 1 amide bonds. The summed E-state index contributed by atoms with van der Waals surface area (Å²) in [7, 11) is 1.33. The molecule has 0 saturated carbocycles. The summed E-state index contributed by atoms with van der Waals surface area (Å²) in [4.78, 5) is 16.3. The highest BCUT2D eigenvalue weighted by Gasteiger charge is 2.37. The highest BCUT2D eigenvalue weighted by Crippen LogP contribution is 2.31. The normalized spacial score (nSPS) is 11.5. The van der Waals surface area contributed by atoms with Crippen molar-refractivity contribution in [2.75, 3.05) is 6.54 Å². The van der Waals surface area contributed by atoms with Gasteiger partial charge in [0.05, 0.1) is 0 Å². The van der Waals surface area contributed by atoms with Crippen molar-refractivity contribution in [1.82, 2.24) is 30.3 Å². The van der Waals surface area contributed by atoms with Gasteiger partial charge in [-0.25, -0.2) is 4.98 Å². The minimum atomic E-state index is -4.64. The average molecular weight is 364 g/mol. The highest BCUT2D eigenvalue weighted by atomic mass is 19.4. The summed E-state index contributed by atoms with van der Waals surface area (Å²) in [6, 6.07) is 9.30. The molecule has 7 nitrogen and oxygen atoms in total. The van der Waals surface area contributed by atoms with E-state index < -0.39 is 23.3 Å². The molecular weight excluding hydrogens is 349 g/mol. The highest BCUT2D eigenvalue weighted by molar-refractivity contribution is 5.93. The van der Waals surface area contributed by atoms with Gasteiger partial charge in [0.1, 0.15) is 11.4 Å². The standard InChI is InChI=1S/C16H15F3N6O/c1-25-9-11(16(17,18)19)13(24-25)15(26)20-8-7-12-21-14(23-22-12)10-5-3-2-4-6-10/h2-6,9H,7-8H2,1H3,(H,20,26)(H,21,22,23). The van der Waals surface area contributed by atoms with Crippen LogP contribution in [0.5, 0.6) is 0 Å². The third-order valence-electron chi connectivity index (χ3n) is 3.56. The molecule has 136 valence electrons. The molecule has 3 rings (SSSR count). The van der Waals surface area contributed by atoms with E-state index in [0.717, 1.165) is 16.4 Å². The second-order valence-corrected chi connectivity index (χ2v) is 5.54. The predicted molar refractivity (Wildman–Crippen MR) is 86.1 cm³/mol. The third-order valence-corrected chi connectivity index (χ3v) is 3.56. The summed E-state index contributed by atoms with van der Waals surface area (Å²) in [6.45, 7) is 0.0934. The predicted octanol–water partition coefficient (Wildman–Crippen LogP) is 2.20. The molecule has 0 radical (unpaired) electrons. The van der Waals surface area contributed by atoms with Gasteiger partial charge in [0.2, 0.25) is 0 Å². The van der Waals surface area contributed by atoms with Crippen molar-refractivity contribution < 1.29 is 18.0 Å². The largest absolute Gasteiger partial charge is 0.420 e. The number of carbonyl (C=O) groups excluding carboxylic acids is 1. The lowest BCUT2D eigenvalue weighted by Crippen LogP contribution is -2.28. The summed E-state index contributed by atoms with van der Waals surface area (Å²) in [5, 5.41) is 12.8. The number of aromatic nitrogens is 5. The van der Waals surface area contributed by atoms with Crippen LogP contribution >= 0.6 is 0 Å². The number of nitrogens with zero attached hydrogens (tertiary/aromatic N) is 4. The molecule has 2 aromatic heterocycles. The molecule has 3 aromatic rings. The molecule has 2 heterocycles. The number of rotatable bonds is 5. The number of hydrogen-bond acceptors (Lipinski definition) is 4. The minimum Gasteiger partial charge on any atom is -0.350 e. The zero-order valence-corrected chi connectivity index (χ0v) is 13.7. The van der Waals surface area contributed by atoms with Gasteiger partial charge in [0.15, 0.2) is 11.5 Å². The van der Waals surface area contributed by atoms with E-state index in [-0.39, 0.29) is 6.54 Å². The molecule has 0 saturated heterocycles. The van der Waals surface area contributed by atoms with E-state index >= 15 is 0 Å². The van der Waals surface area contributed by atoms with Gasteiger partial charge in [0, 0.05) is 31.8 Å². The van der Waals surface area contributed by atoms with Gasteiger partial charge in [-0.05, 0) is 0 Å². The van der Waals surface area contributed by atoms with Crippen molar-refractivity contribution >= 4 is 5.91 Å². The number of carbonyl (C=O) groups is 1. The fourth-order valence-corrected chi connectivity index (χ4v) is 2.37. The van der Waals surface area contributed by atoms with Crippen molar-refractivity contribution in [2.45, 2.75) is 12.6 Å². The second kappa shape index (κ2) is 6.98. The first-order chi connectivity index (χ1) is 12.3. The van der Waals surface area contributed by atoms with Crippen LogP contribution in [0.15, 0.2) is 36.5 Å². The van der Waals surface area contributed by atoms with Crippen LogP contribution in [0.1, 0.15) is 21.9 Å². The van der Waals surface area contributed by atoms with Crippen LogP contribution in [0.2, 0.25) is 0 Å². The number of halogens is 3. The molecule has 0 spiro atoms. The number of amides is 1. The maximum Gasteiger partial charge on any atom is 0.420 e. The summed E-state index contributed by atoms with van der Waals surface area (Å²) in [5.41, 5.74) is -0.881. The fourth-order valence-electron chi connectivity index (χ4n) is 2.37. The number of hydrogen-bond donors (Lipinski definition) is 2. The molecule has 0 aliphatic heterocycles. The maximum absolute atomic E-state index is 12.9. The Morgan fingerprint density at radius 3 is 2.69 bits per heavy atom. The van der Waals surface area contributed by atoms with Crippen LogP contribution in [0.25, 0.3) is 11.4 Å². The van der Waals surface area contributed by atoms with Crippen molar-refractivity contribution in [3.8, 4) is 11.4 Å². The Bertz CT molecular complexity index is 900. The van der Waals surface area contributed by atoms with Crippen molar-refractivity contribution in [2.24, 2.45) is 7.05 Å². The van der Waals surface area contributed by atoms with Crippen LogP contribution < -0.4 is 5.32 Å². The Morgan fingerprint density at radius 1 is 1.27 bits per heavy atom. The van der Waals surface area contributed by atoms with Crippen LogP contribution in [0.4, 0.5) is 13.2 Å². The average Bonchev–Trinajstić information content (AvgIpc) is 3.22. The number of aromatic amines is 1. The molecule has 0 aliphatic carbocycles. The molecular formula is C16H15F3N6O. The first kappa shape index (κ1) is 17.6.